The fourth-order valence-electron chi connectivity index (χ4n) is 0.787. The molecule has 0 bridgehead atoms. The molecule has 0 fully saturated rings. The first-order chi connectivity index (χ1) is 5.70. The molecule has 0 saturated carbocycles. The van der Waals surface area contributed by atoms with Gasteiger partial charge in [0.25, 0.3) is 0 Å². The molecular formula is C5HBr3N4. The number of halogens is 3. The standard InChI is InChI=1S/C5HBr3N4/c6-1-2(7)4(8)9-5-3(1)10-12-11-5/h(H,9,10,11,12). The number of fused-ring (bicyclic) bond motifs is 1. The van der Waals surface area contributed by atoms with E-state index >= 15 is 0 Å². The van der Waals surface area contributed by atoms with Crippen molar-refractivity contribution in [2.75, 3.05) is 0 Å². The lowest BCUT2D eigenvalue weighted by Crippen LogP contribution is -1.83. The zero-order chi connectivity index (χ0) is 8.72. The van der Waals surface area contributed by atoms with E-state index in [4.69, 9.17) is 0 Å². The third-order valence-electron chi connectivity index (χ3n) is 1.32. The van der Waals surface area contributed by atoms with Crippen LogP contribution in [0, 0.1) is 0 Å². The van der Waals surface area contributed by atoms with Crippen molar-refractivity contribution in [3.63, 3.8) is 0 Å². The van der Waals surface area contributed by atoms with Gasteiger partial charge in [0.05, 0.1) is 8.95 Å². The van der Waals surface area contributed by atoms with E-state index in [1.54, 1.807) is 0 Å². The SMILES string of the molecule is Brc1nc2n[nH]nc2c(Br)c1Br. The topological polar surface area (TPSA) is 54.5 Å². The second kappa shape index (κ2) is 3.04. The first-order valence-corrected chi connectivity index (χ1v) is 5.29. The van der Waals surface area contributed by atoms with Gasteiger partial charge in [0.15, 0.2) is 0 Å². The summed E-state index contributed by atoms with van der Waals surface area (Å²) in [6, 6.07) is 0. The third-order valence-corrected chi connectivity index (χ3v) is 4.50. The number of aromatic amines is 1. The second-order valence-electron chi connectivity index (χ2n) is 2.03. The fourth-order valence-corrected chi connectivity index (χ4v) is 2.15. The van der Waals surface area contributed by atoms with Gasteiger partial charge >= 0.3 is 0 Å². The molecule has 2 aromatic heterocycles. The molecule has 0 aliphatic rings. The van der Waals surface area contributed by atoms with Crippen LogP contribution in [-0.2, 0) is 0 Å². The van der Waals surface area contributed by atoms with Gasteiger partial charge in [-0.05, 0) is 47.8 Å². The molecule has 2 rings (SSSR count). The molecule has 0 radical (unpaired) electrons. The largest absolute Gasteiger partial charge is 0.217 e. The average Bonchev–Trinajstić information content (AvgIpc) is 2.48. The lowest BCUT2D eigenvalue weighted by molar-refractivity contribution is 0.953. The van der Waals surface area contributed by atoms with Crippen molar-refractivity contribution in [3.05, 3.63) is 13.5 Å². The summed E-state index contributed by atoms with van der Waals surface area (Å²) in [6.07, 6.45) is 0. The van der Waals surface area contributed by atoms with E-state index in [0.29, 0.717) is 15.8 Å². The second-order valence-corrected chi connectivity index (χ2v) is 4.36. The highest BCUT2D eigenvalue weighted by Gasteiger charge is 2.11. The van der Waals surface area contributed by atoms with Crippen LogP contribution in [0.3, 0.4) is 0 Å². The van der Waals surface area contributed by atoms with Crippen molar-refractivity contribution < 1.29 is 0 Å². The summed E-state index contributed by atoms with van der Waals surface area (Å²) in [5.41, 5.74) is 1.29. The Morgan fingerprint density at radius 2 is 1.75 bits per heavy atom. The molecule has 0 aromatic carbocycles. The highest BCUT2D eigenvalue weighted by molar-refractivity contribution is 9.14. The van der Waals surface area contributed by atoms with Crippen molar-refractivity contribution in [3.8, 4) is 0 Å². The van der Waals surface area contributed by atoms with Gasteiger partial charge in [0.1, 0.15) is 10.1 Å². The minimum atomic E-state index is 0.581. The molecule has 0 spiro atoms. The van der Waals surface area contributed by atoms with Gasteiger partial charge in [-0.1, -0.05) is 0 Å². The summed E-state index contributed by atoms with van der Waals surface area (Å²) in [5.74, 6) is 0. The first-order valence-electron chi connectivity index (χ1n) is 2.91. The maximum atomic E-state index is 4.13. The number of pyridine rings is 1. The first kappa shape index (κ1) is 8.58. The van der Waals surface area contributed by atoms with Gasteiger partial charge in [-0.25, -0.2) is 4.98 Å². The van der Waals surface area contributed by atoms with E-state index < -0.39 is 0 Å². The molecule has 0 aliphatic carbocycles. The monoisotopic (exact) mass is 354 g/mol. The van der Waals surface area contributed by atoms with Crippen LogP contribution in [0.4, 0.5) is 0 Å². The highest BCUT2D eigenvalue weighted by Crippen LogP contribution is 2.33. The van der Waals surface area contributed by atoms with Crippen LogP contribution in [0.2, 0.25) is 0 Å². The molecule has 0 atom stereocenters. The number of nitrogens with one attached hydrogen (secondary N) is 1. The zero-order valence-electron chi connectivity index (χ0n) is 5.48. The fraction of sp³-hybridized carbons (Fsp3) is 0. The van der Waals surface area contributed by atoms with Gasteiger partial charge in [0, 0.05) is 0 Å². The molecule has 2 heterocycles. The Kier molecular flexibility index (Phi) is 2.18. The summed E-state index contributed by atoms with van der Waals surface area (Å²) in [4.78, 5) is 4.13. The summed E-state index contributed by atoms with van der Waals surface area (Å²) >= 11 is 10.0. The van der Waals surface area contributed by atoms with Crippen LogP contribution in [0.1, 0.15) is 0 Å². The smallest absolute Gasteiger partial charge is 0.203 e. The van der Waals surface area contributed by atoms with Crippen LogP contribution < -0.4 is 0 Å². The van der Waals surface area contributed by atoms with Crippen molar-refractivity contribution in [2.45, 2.75) is 0 Å². The predicted octanol–water partition coefficient (Wildman–Crippen LogP) is 2.64. The molecule has 0 aliphatic heterocycles. The third kappa shape index (κ3) is 1.20. The Morgan fingerprint density at radius 3 is 2.50 bits per heavy atom. The lowest BCUT2D eigenvalue weighted by atomic mass is 10.4. The predicted molar refractivity (Wildman–Crippen MR) is 54.8 cm³/mol. The summed E-state index contributed by atoms with van der Waals surface area (Å²) in [6.45, 7) is 0. The van der Waals surface area contributed by atoms with Gasteiger partial charge < -0.3 is 0 Å². The minimum Gasteiger partial charge on any atom is -0.217 e. The number of aromatic nitrogens is 4. The molecule has 0 amide bonds. The lowest BCUT2D eigenvalue weighted by Gasteiger charge is -1.97. The number of hydrogen-bond acceptors (Lipinski definition) is 3. The zero-order valence-corrected chi connectivity index (χ0v) is 10.2. The Labute approximate surface area is 92.5 Å². The van der Waals surface area contributed by atoms with Gasteiger partial charge in [0.2, 0.25) is 5.65 Å². The number of hydrogen-bond donors (Lipinski definition) is 1. The summed E-state index contributed by atoms with van der Waals surface area (Å²) < 4.78 is 2.38. The highest BCUT2D eigenvalue weighted by atomic mass is 79.9. The van der Waals surface area contributed by atoms with Crippen LogP contribution in [-0.4, -0.2) is 20.4 Å². The number of nitrogens with zero attached hydrogens (tertiary/aromatic N) is 3. The maximum absolute atomic E-state index is 4.13. The van der Waals surface area contributed by atoms with Crippen molar-refractivity contribution >= 4 is 59.0 Å². The average molecular weight is 357 g/mol. The van der Waals surface area contributed by atoms with Gasteiger partial charge in [-0.3, -0.25) is 0 Å². The summed E-state index contributed by atoms with van der Waals surface area (Å²) in [5, 5.41) is 10.3. The van der Waals surface area contributed by atoms with Crippen molar-refractivity contribution in [1.29, 1.82) is 0 Å². The Balaban J connectivity index is 2.94. The van der Waals surface area contributed by atoms with E-state index in [-0.39, 0.29) is 0 Å². The molecule has 12 heavy (non-hydrogen) atoms. The molecule has 4 nitrogen and oxygen atoms in total. The van der Waals surface area contributed by atoms with E-state index in [1.807, 2.05) is 0 Å². The van der Waals surface area contributed by atoms with E-state index in [1.165, 1.54) is 0 Å². The van der Waals surface area contributed by atoms with Crippen LogP contribution in [0.15, 0.2) is 13.5 Å². The van der Waals surface area contributed by atoms with Crippen LogP contribution in [0.5, 0.6) is 0 Å². The minimum absolute atomic E-state index is 0.581. The molecular weight excluding hydrogens is 356 g/mol. The quantitative estimate of drug-likeness (QED) is 0.738. The number of H-pyrrole nitrogens is 1. The van der Waals surface area contributed by atoms with Crippen molar-refractivity contribution in [2.24, 2.45) is 0 Å². The van der Waals surface area contributed by atoms with Crippen LogP contribution in [0.25, 0.3) is 11.2 Å². The maximum Gasteiger partial charge on any atom is 0.203 e. The molecule has 0 unspecified atom stereocenters. The molecule has 62 valence electrons. The van der Waals surface area contributed by atoms with E-state index in [2.05, 4.69) is 68.2 Å². The molecule has 2 aromatic rings. The van der Waals surface area contributed by atoms with E-state index in [0.717, 1.165) is 8.95 Å². The van der Waals surface area contributed by atoms with E-state index in [9.17, 15) is 0 Å². The Morgan fingerprint density at radius 1 is 1.00 bits per heavy atom. The van der Waals surface area contributed by atoms with Gasteiger partial charge in [-0.2, -0.15) is 10.3 Å². The molecule has 7 heteroatoms. The number of rotatable bonds is 0. The Bertz CT molecular complexity index is 437. The van der Waals surface area contributed by atoms with Crippen molar-refractivity contribution in [1.82, 2.24) is 20.4 Å². The van der Waals surface area contributed by atoms with Gasteiger partial charge in [-0.15, -0.1) is 5.10 Å². The summed E-state index contributed by atoms with van der Waals surface area (Å²) in [7, 11) is 0. The molecule has 1 N–H and O–H groups in total. The molecule has 0 saturated heterocycles. The normalized spacial score (nSPS) is 10.9. The van der Waals surface area contributed by atoms with Crippen LogP contribution >= 0.6 is 47.8 Å². The Hall–Kier alpha value is -0.0100.